The second-order valence-electron chi connectivity index (χ2n) is 1.40. The molecule has 0 aromatic carbocycles. The van der Waals surface area contributed by atoms with Crippen molar-refractivity contribution < 1.29 is 0 Å². The first-order chi connectivity index (χ1) is 3.43. The maximum atomic E-state index is 8.24. The fourth-order valence-electron chi connectivity index (χ4n) is 0.478. The van der Waals surface area contributed by atoms with E-state index in [-0.39, 0.29) is 18.4 Å². The monoisotopic (exact) mass is 150 g/mol. The fourth-order valence-corrected chi connectivity index (χ4v) is 1.34. The molecule has 1 atom stereocenters. The molecule has 0 bridgehead atoms. The molecule has 1 N–H and O–H groups in total. The first-order valence-corrected chi connectivity index (χ1v) is 3.29. The second-order valence-corrected chi connectivity index (χ2v) is 2.43. The van der Waals surface area contributed by atoms with Crippen molar-refractivity contribution in [1.29, 1.82) is 5.26 Å². The van der Waals surface area contributed by atoms with Crippen LogP contribution in [-0.2, 0) is 0 Å². The summed E-state index contributed by atoms with van der Waals surface area (Å²) in [7, 11) is 0. The van der Waals surface area contributed by atoms with Crippen molar-refractivity contribution >= 4 is 24.2 Å². The Morgan fingerprint density at radius 1 is 1.75 bits per heavy atom. The van der Waals surface area contributed by atoms with Crippen LogP contribution in [0.4, 0.5) is 0 Å². The lowest BCUT2D eigenvalue weighted by Crippen LogP contribution is -2.20. The summed E-state index contributed by atoms with van der Waals surface area (Å²) >= 11 is 1.77. The lowest BCUT2D eigenvalue weighted by molar-refractivity contribution is 0.765. The lowest BCUT2D eigenvalue weighted by atomic mass is 10.4. The third-order valence-electron chi connectivity index (χ3n) is 0.872. The Balaban J connectivity index is 0.000000490. The average molecular weight is 151 g/mol. The quantitative estimate of drug-likeness (QED) is 0.549. The molecule has 1 rings (SSSR count). The Morgan fingerprint density at radius 2 is 2.50 bits per heavy atom. The van der Waals surface area contributed by atoms with Gasteiger partial charge in [0.1, 0.15) is 6.04 Å². The molecule has 2 nitrogen and oxygen atoms in total. The molecule has 0 saturated carbocycles. The van der Waals surface area contributed by atoms with E-state index >= 15 is 0 Å². The number of hydrogen-bond donors (Lipinski definition) is 1. The van der Waals surface area contributed by atoms with Gasteiger partial charge in [-0.1, -0.05) is 0 Å². The molecular weight excluding hydrogens is 144 g/mol. The third kappa shape index (κ3) is 1.91. The van der Waals surface area contributed by atoms with Crippen molar-refractivity contribution in [2.75, 3.05) is 11.6 Å². The molecule has 1 aliphatic rings. The Morgan fingerprint density at radius 3 is 2.75 bits per heavy atom. The maximum absolute atomic E-state index is 8.24. The predicted octanol–water partition coefficient (Wildman–Crippen LogP) is 0.594. The lowest BCUT2D eigenvalue weighted by Gasteiger charge is -1.90. The van der Waals surface area contributed by atoms with Gasteiger partial charge in [0.2, 0.25) is 0 Å². The standard InChI is InChI=1S/C4H6N2S.ClH/c5-1-4-2-7-3-6-4;/h4,6H,2-3H2;1H/t4-;/m1./s1. The second kappa shape index (κ2) is 4.02. The molecule has 1 fully saturated rings. The third-order valence-corrected chi connectivity index (χ3v) is 1.81. The summed E-state index contributed by atoms with van der Waals surface area (Å²) in [5.41, 5.74) is 0. The fraction of sp³-hybridized carbons (Fsp3) is 0.750. The number of nitrogens with one attached hydrogen (secondary N) is 1. The molecule has 0 amide bonds. The summed E-state index contributed by atoms with van der Waals surface area (Å²) in [5, 5.41) is 11.2. The number of halogens is 1. The van der Waals surface area contributed by atoms with E-state index in [1.807, 2.05) is 0 Å². The zero-order chi connectivity index (χ0) is 5.11. The molecule has 1 heterocycles. The number of nitriles is 1. The van der Waals surface area contributed by atoms with Crippen LogP contribution in [0.15, 0.2) is 0 Å². The maximum Gasteiger partial charge on any atom is 0.105 e. The molecule has 1 aliphatic heterocycles. The number of thioether (sulfide) groups is 1. The van der Waals surface area contributed by atoms with Crippen molar-refractivity contribution in [1.82, 2.24) is 5.32 Å². The van der Waals surface area contributed by atoms with E-state index in [2.05, 4.69) is 11.4 Å². The van der Waals surface area contributed by atoms with Crippen molar-refractivity contribution in [2.45, 2.75) is 6.04 Å². The topological polar surface area (TPSA) is 35.8 Å². The molecule has 0 radical (unpaired) electrons. The van der Waals surface area contributed by atoms with Gasteiger partial charge in [0.15, 0.2) is 0 Å². The average Bonchev–Trinajstić information content (AvgIpc) is 2.14. The Bertz CT molecular complexity index is 94.7. The van der Waals surface area contributed by atoms with Crippen LogP contribution in [0.5, 0.6) is 0 Å². The molecule has 0 aliphatic carbocycles. The SMILES string of the molecule is Cl.N#C[C@@H]1CSCN1. The zero-order valence-corrected chi connectivity index (χ0v) is 5.89. The van der Waals surface area contributed by atoms with Gasteiger partial charge >= 0.3 is 0 Å². The molecule has 0 spiro atoms. The molecular formula is C4H7ClN2S. The van der Waals surface area contributed by atoms with E-state index in [1.165, 1.54) is 0 Å². The van der Waals surface area contributed by atoms with Gasteiger partial charge in [-0.25, -0.2) is 0 Å². The van der Waals surface area contributed by atoms with E-state index in [4.69, 9.17) is 5.26 Å². The highest BCUT2D eigenvalue weighted by Gasteiger charge is 2.11. The van der Waals surface area contributed by atoms with Gasteiger partial charge in [-0.3, -0.25) is 5.32 Å². The summed E-state index contributed by atoms with van der Waals surface area (Å²) in [6.45, 7) is 0. The van der Waals surface area contributed by atoms with Crippen LogP contribution in [0.25, 0.3) is 0 Å². The molecule has 8 heavy (non-hydrogen) atoms. The zero-order valence-electron chi connectivity index (χ0n) is 4.26. The Kier molecular flexibility index (Phi) is 4.06. The minimum Gasteiger partial charge on any atom is -0.292 e. The van der Waals surface area contributed by atoms with Gasteiger partial charge in [0.25, 0.3) is 0 Å². The summed E-state index contributed by atoms with van der Waals surface area (Å²) in [6.07, 6.45) is 0. The predicted molar refractivity (Wildman–Crippen MR) is 37.1 cm³/mol. The highest BCUT2D eigenvalue weighted by atomic mass is 35.5. The molecule has 0 aromatic rings. The molecule has 1 saturated heterocycles. The minimum absolute atomic E-state index is 0. The van der Waals surface area contributed by atoms with E-state index < -0.39 is 0 Å². The highest BCUT2D eigenvalue weighted by Crippen LogP contribution is 2.07. The number of rotatable bonds is 0. The molecule has 46 valence electrons. The van der Waals surface area contributed by atoms with Crippen LogP contribution >= 0.6 is 24.2 Å². The Labute approximate surface area is 59.0 Å². The van der Waals surface area contributed by atoms with Gasteiger partial charge in [0.05, 0.1) is 6.07 Å². The van der Waals surface area contributed by atoms with Crippen molar-refractivity contribution in [3.05, 3.63) is 0 Å². The minimum atomic E-state index is 0. The van der Waals surface area contributed by atoms with Gasteiger partial charge in [-0.15, -0.1) is 24.2 Å². The first-order valence-electron chi connectivity index (χ1n) is 2.14. The van der Waals surface area contributed by atoms with Crippen LogP contribution in [0.1, 0.15) is 0 Å². The molecule has 0 unspecified atom stereocenters. The largest absolute Gasteiger partial charge is 0.292 e. The van der Waals surface area contributed by atoms with Gasteiger partial charge in [-0.2, -0.15) is 5.26 Å². The Hall–Kier alpha value is 0.0900. The van der Waals surface area contributed by atoms with Crippen molar-refractivity contribution in [3.63, 3.8) is 0 Å². The van der Waals surface area contributed by atoms with Crippen LogP contribution in [0, 0.1) is 11.3 Å². The summed E-state index contributed by atoms with van der Waals surface area (Å²) in [4.78, 5) is 0. The van der Waals surface area contributed by atoms with E-state index in [1.54, 1.807) is 11.8 Å². The van der Waals surface area contributed by atoms with E-state index in [9.17, 15) is 0 Å². The number of nitrogens with zero attached hydrogens (tertiary/aromatic N) is 1. The molecule has 4 heteroatoms. The van der Waals surface area contributed by atoms with Crippen molar-refractivity contribution in [3.8, 4) is 6.07 Å². The normalized spacial score (nSPS) is 26.1. The van der Waals surface area contributed by atoms with Gasteiger partial charge in [-0.05, 0) is 0 Å². The summed E-state index contributed by atoms with van der Waals surface area (Å²) < 4.78 is 0. The number of hydrogen-bond acceptors (Lipinski definition) is 3. The van der Waals surface area contributed by atoms with Crippen LogP contribution < -0.4 is 5.32 Å². The first kappa shape index (κ1) is 8.09. The van der Waals surface area contributed by atoms with E-state index in [0.29, 0.717) is 0 Å². The van der Waals surface area contributed by atoms with Crippen LogP contribution in [-0.4, -0.2) is 17.7 Å². The van der Waals surface area contributed by atoms with E-state index in [0.717, 1.165) is 11.6 Å². The highest BCUT2D eigenvalue weighted by molar-refractivity contribution is 7.99. The van der Waals surface area contributed by atoms with Crippen LogP contribution in [0.3, 0.4) is 0 Å². The van der Waals surface area contributed by atoms with Crippen LogP contribution in [0.2, 0.25) is 0 Å². The van der Waals surface area contributed by atoms with Crippen molar-refractivity contribution in [2.24, 2.45) is 0 Å². The molecule has 0 aromatic heterocycles. The van der Waals surface area contributed by atoms with Gasteiger partial charge in [0, 0.05) is 11.6 Å². The summed E-state index contributed by atoms with van der Waals surface area (Å²) in [6, 6.07) is 2.25. The van der Waals surface area contributed by atoms with Gasteiger partial charge < -0.3 is 0 Å². The summed E-state index contributed by atoms with van der Waals surface area (Å²) in [5.74, 6) is 1.90. The smallest absolute Gasteiger partial charge is 0.105 e.